The average molecular weight is 221 g/mol. The maximum absolute atomic E-state index is 11.5. The first-order valence-electron chi connectivity index (χ1n) is 4.61. The summed E-state index contributed by atoms with van der Waals surface area (Å²) in [5, 5.41) is 10.9. The van der Waals surface area contributed by atoms with Crippen LogP contribution in [-0.2, 0) is 9.53 Å². The van der Waals surface area contributed by atoms with E-state index < -0.39 is 5.97 Å². The van der Waals surface area contributed by atoms with E-state index in [1.54, 1.807) is 30.3 Å². The number of rotatable bonds is 3. The van der Waals surface area contributed by atoms with Crippen LogP contribution in [0, 0.1) is 0 Å². The second kappa shape index (κ2) is 5.65. The summed E-state index contributed by atoms with van der Waals surface area (Å²) in [4.78, 5) is 22.7. The van der Waals surface area contributed by atoms with E-state index in [4.69, 9.17) is 5.21 Å². The van der Waals surface area contributed by atoms with E-state index >= 15 is 0 Å². The fourth-order valence-corrected chi connectivity index (χ4v) is 1.08. The number of nitrogens with zero attached hydrogens (tertiary/aromatic N) is 1. The molecule has 0 amide bonds. The van der Waals surface area contributed by atoms with Crippen molar-refractivity contribution in [3.05, 3.63) is 35.9 Å². The zero-order valence-electron chi connectivity index (χ0n) is 8.71. The van der Waals surface area contributed by atoms with E-state index in [2.05, 4.69) is 9.89 Å². The predicted octanol–water partition coefficient (Wildman–Crippen LogP) is 1.61. The lowest BCUT2D eigenvalue weighted by atomic mass is 10.1. The summed E-state index contributed by atoms with van der Waals surface area (Å²) < 4.78 is 4.53. The van der Waals surface area contributed by atoms with Crippen LogP contribution in [0.4, 0.5) is 0 Å². The molecule has 0 radical (unpaired) electrons. The van der Waals surface area contributed by atoms with Gasteiger partial charge in [-0.2, -0.15) is 0 Å². The van der Waals surface area contributed by atoms with Crippen LogP contribution >= 0.6 is 0 Å². The number of oxime groups is 1. The topological polar surface area (TPSA) is 76.0 Å². The molecule has 16 heavy (non-hydrogen) atoms. The molecule has 0 aliphatic heterocycles. The lowest BCUT2D eigenvalue weighted by Crippen LogP contribution is -2.14. The Hall–Kier alpha value is -2.17. The molecule has 0 saturated heterocycles. The van der Waals surface area contributed by atoms with Gasteiger partial charge in [-0.3, -0.25) is 9.59 Å². The Morgan fingerprint density at radius 2 is 1.94 bits per heavy atom. The van der Waals surface area contributed by atoms with Gasteiger partial charge in [-0.15, -0.1) is 0 Å². The number of esters is 1. The van der Waals surface area contributed by atoms with Gasteiger partial charge < -0.3 is 9.94 Å². The first kappa shape index (κ1) is 11.9. The molecule has 0 saturated carbocycles. The number of Topliss-reactive ketones (excluding diaryl/α,β-unsaturated/α-hetero) is 1. The molecular weight excluding hydrogens is 210 g/mol. The molecule has 1 N–H and O–H groups in total. The van der Waals surface area contributed by atoms with Crippen LogP contribution < -0.4 is 0 Å². The molecule has 0 aliphatic carbocycles. The number of carbonyl (C=O) groups excluding carboxylic acids is 2. The van der Waals surface area contributed by atoms with Crippen molar-refractivity contribution in [1.29, 1.82) is 0 Å². The molecule has 0 atom stereocenters. The highest BCUT2D eigenvalue weighted by Crippen LogP contribution is 2.03. The minimum atomic E-state index is -0.746. The van der Waals surface area contributed by atoms with Crippen molar-refractivity contribution in [3.8, 4) is 0 Å². The van der Waals surface area contributed by atoms with Crippen molar-refractivity contribution < 1.29 is 19.5 Å². The molecule has 1 aromatic carbocycles. The van der Waals surface area contributed by atoms with Gasteiger partial charge in [-0.1, -0.05) is 35.5 Å². The maximum atomic E-state index is 11.5. The summed E-state index contributed by atoms with van der Waals surface area (Å²) in [7, 11) is 0. The summed E-state index contributed by atoms with van der Waals surface area (Å²) in [5.74, 6) is -1.27. The Labute approximate surface area is 92.3 Å². The van der Waals surface area contributed by atoms with Crippen LogP contribution in [0.15, 0.2) is 35.5 Å². The van der Waals surface area contributed by atoms with Gasteiger partial charge in [0.2, 0.25) is 5.90 Å². The van der Waals surface area contributed by atoms with E-state index in [1.807, 2.05) is 0 Å². The highest BCUT2D eigenvalue weighted by Gasteiger charge is 2.13. The first-order chi connectivity index (χ1) is 7.63. The van der Waals surface area contributed by atoms with Gasteiger partial charge in [-0.05, 0) is 0 Å². The Morgan fingerprint density at radius 3 is 2.50 bits per heavy atom. The predicted molar refractivity (Wildman–Crippen MR) is 56.4 cm³/mol. The van der Waals surface area contributed by atoms with Gasteiger partial charge in [-0.25, -0.2) is 0 Å². The number of hydrogen-bond donors (Lipinski definition) is 1. The second-order valence-electron chi connectivity index (χ2n) is 3.06. The molecule has 5 heteroatoms. The number of benzene rings is 1. The zero-order chi connectivity index (χ0) is 12.0. The normalized spacial score (nSPS) is 10.9. The second-order valence-corrected chi connectivity index (χ2v) is 3.06. The molecule has 1 rings (SSSR count). The summed E-state index contributed by atoms with van der Waals surface area (Å²) in [6.07, 6.45) is -0.378. The van der Waals surface area contributed by atoms with Gasteiger partial charge >= 0.3 is 5.97 Å². The SMILES string of the molecule is C/C(=N\O)OC(=O)CC(=O)c1ccccc1. The molecule has 0 unspecified atom stereocenters. The van der Waals surface area contributed by atoms with Gasteiger partial charge in [0.15, 0.2) is 5.78 Å². The fourth-order valence-electron chi connectivity index (χ4n) is 1.08. The first-order valence-corrected chi connectivity index (χ1v) is 4.61. The zero-order valence-corrected chi connectivity index (χ0v) is 8.71. The largest absolute Gasteiger partial charge is 0.408 e. The number of carbonyl (C=O) groups is 2. The molecule has 84 valence electrons. The summed E-state index contributed by atoms with van der Waals surface area (Å²) in [5.41, 5.74) is 0.443. The summed E-state index contributed by atoms with van der Waals surface area (Å²) in [6, 6.07) is 8.42. The van der Waals surface area contributed by atoms with Crippen LogP contribution in [0.3, 0.4) is 0 Å². The van der Waals surface area contributed by atoms with Crippen LogP contribution in [0.5, 0.6) is 0 Å². The van der Waals surface area contributed by atoms with Crippen LogP contribution in [0.25, 0.3) is 0 Å². The summed E-state index contributed by atoms with van der Waals surface area (Å²) >= 11 is 0. The lowest BCUT2D eigenvalue weighted by Gasteiger charge is -2.01. The Balaban J connectivity index is 2.56. The van der Waals surface area contributed by atoms with E-state index in [1.165, 1.54) is 6.92 Å². The van der Waals surface area contributed by atoms with E-state index in [0.717, 1.165) is 0 Å². The van der Waals surface area contributed by atoms with Crippen molar-refractivity contribution in [2.75, 3.05) is 0 Å². The maximum Gasteiger partial charge on any atom is 0.320 e. The van der Waals surface area contributed by atoms with Gasteiger partial charge in [0.05, 0.1) is 0 Å². The minimum Gasteiger partial charge on any atom is -0.408 e. The molecule has 0 aromatic heterocycles. The monoisotopic (exact) mass is 221 g/mol. The standard InChI is InChI=1S/C11H11NO4/c1-8(12-15)16-11(14)7-10(13)9-5-3-2-4-6-9/h2-6,15H,7H2,1H3/b12-8+. The Kier molecular flexibility index (Phi) is 4.20. The number of hydrogen-bond acceptors (Lipinski definition) is 5. The molecule has 5 nitrogen and oxygen atoms in total. The Morgan fingerprint density at radius 1 is 1.31 bits per heavy atom. The molecule has 0 heterocycles. The molecular formula is C11H11NO4. The highest BCUT2D eigenvalue weighted by molar-refractivity contribution is 6.07. The molecule has 1 aromatic rings. The minimum absolute atomic E-state index is 0.189. The molecule has 0 bridgehead atoms. The van der Waals surface area contributed by atoms with Crippen molar-refractivity contribution in [2.45, 2.75) is 13.3 Å². The molecule has 0 aliphatic rings. The van der Waals surface area contributed by atoms with E-state index in [9.17, 15) is 9.59 Å². The van der Waals surface area contributed by atoms with Crippen molar-refractivity contribution in [2.24, 2.45) is 5.16 Å². The average Bonchev–Trinajstić information content (AvgIpc) is 2.29. The van der Waals surface area contributed by atoms with Gasteiger partial charge in [0.25, 0.3) is 0 Å². The van der Waals surface area contributed by atoms with Crippen molar-refractivity contribution in [3.63, 3.8) is 0 Å². The smallest absolute Gasteiger partial charge is 0.320 e. The summed E-state index contributed by atoms with van der Waals surface area (Å²) in [6.45, 7) is 1.31. The third-order valence-electron chi connectivity index (χ3n) is 1.80. The van der Waals surface area contributed by atoms with Crippen molar-refractivity contribution >= 4 is 17.7 Å². The molecule has 0 fully saturated rings. The third kappa shape index (κ3) is 3.53. The van der Waals surface area contributed by atoms with Crippen LogP contribution in [0.1, 0.15) is 23.7 Å². The number of ether oxygens (including phenoxy) is 1. The van der Waals surface area contributed by atoms with Crippen molar-refractivity contribution in [1.82, 2.24) is 0 Å². The fraction of sp³-hybridized carbons (Fsp3) is 0.182. The number of ketones is 1. The lowest BCUT2D eigenvalue weighted by molar-refractivity contribution is -0.134. The Bertz CT molecular complexity index is 411. The highest BCUT2D eigenvalue weighted by atomic mass is 16.6. The third-order valence-corrected chi connectivity index (χ3v) is 1.80. The van der Waals surface area contributed by atoms with E-state index in [0.29, 0.717) is 5.56 Å². The van der Waals surface area contributed by atoms with E-state index in [-0.39, 0.29) is 18.1 Å². The molecule has 0 spiro atoms. The van der Waals surface area contributed by atoms with Gasteiger partial charge in [0, 0.05) is 12.5 Å². The van der Waals surface area contributed by atoms with Crippen LogP contribution in [0.2, 0.25) is 0 Å². The van der Waals surface area contributed by atoms with Crippen LogP contribution in [-0.4, -0.2) is 22.9 Å². The quantitative estimate of drug-likeness (QED) is 0.160. The van der Waals surface area contributed by atoms with Gasteiger partial charge in [0.1, 0.15) is 6.42 Å².